The van der Waals surface area contributed by atoms with Crippen LogP contribution in [0.1, 0.15) is 30.2 Å². The van der Waals surface area contributed by atoms with Gasteiger partial charge in [-0.25, -0.2) is 14.4 Å². The molecule has 0 saturated carbocycles. The summed E-state index contributed by atoms with van der Waals surface area (Å²) in [4.78, 5) is 17.7. The third-order valence-electron chi connectivity index (χ3n) is 5.55. The Morgan fingerprint density at radius 3 is 2.59 bits per heavy atom. The van der Waals surface area contributed by atoms with E-state index in [1.54, 1.807) is 19.0 Å². The first kappa shape index (κ1) is 24.6. The van der Waals surface area contributed by atoms with E-state index in [0.29, 0.717) is 41.2 Å². The summed E-state index contributed by atoms with van der Waals surface area (Å²) in [5, 5.41) is 3.71. The molecule has 3 aromatic rings. The van der Waals surface area contributed by atoms with Crippen LogP contribution in [-0.4, -0.2) is 46.5 Å². The molecule has 0 aliphatic carbocycles. The van der Waals surface area contributed by atoms with Crippen LogP contribution in [0.2, 0.25) is 5.15 Å². The number of benzene rings is 1. The summed E-state index contributed by atoms with van der Waals surface area (Å²) in [6.07, 6.45) is -2.58. The molecule has 4 rings (SSSR count). The van der Waals surface area contributed by atoms with Gasteiger partial charge < -0.3 is 10.2 Å². The van der Waals surface area contributed by atoms with Gasteiger partial charge in [0.2, 0.25) is 5.95 Å². The van der Waals surface area contributed by atoms with Gasteiger partial charge in [-0.1, -0.05) is 22.9 Å². The Morgan fingerprint density at radius 1 is 1.18 bits per heavy atom. The third kappa shape index (κ3) is 5.59. The molecule has 34 heavy (non-hydrogen) atoms. The largest absolute Gasteiger partial charge is 0.416 e. The lowest BCUT2D eigenvalue weighted by Crippen LogP contribution is -2.25. The lowest BCUT2D eigenvalue weighted by Gasteiger charge is -2.20. The fraction of sp³-hybridized carbons (Fsp3) is 0.409. The number of nitrogens with zero attached hydrogens (tertiary/aromatic N) is 5. The van der Waals surface area contributed by atoms with Crippen LogP contribution in [-0.2, 0) is 12.7 Å². The van der Waals surface area contributed by atoms with E-state index >= 15 is 0 Å². The summed E-state index contributed by atoms with van der Waals surface area (Å²) in [7, 11) is 3.54. The molecule has 0 amide bonds. The monoisotopic (exact) mass is 514 g/mol. The highest BCUT2D eigenvalue weighted by Gasteiger charge is 2.32. The Morgan fingerprint density at radius 2 is 1.94 bits per heavy atom. The van der Waals surface area contributed by atoms with E-state index in [9.17, 15) is 17.6 Å². The predicted octanol–water partition coefficient (Wildman–Crippen LogP) is 6.21. The number of aromatic nitrogens is 3. The molecule has 0 bridgehead atoms. The molecular weight excluding hydrogens is 492 g/mol. The maximum absolute atomic E-state index is 14.2. The quantitative estimate of drug-likeness (QED) is 0.312. The Balaban J connectivity index is 1.75. The molecular formula is C22H23ClF4N6S. The van der Waals surface area contributed by atoms with E-state index in [2.05, 4.69) is 32.1 Å². The first-order valence-electron chi connectivity index (χ1n) is 10.6. The number of alkyl halides is 3. The van der Waals surface area contributed by atoms with Crippen molar-refractivity contribution in [1.29, 1.82) is 0 Å². The zero-order valence-electron chi connectivity index (χ0n) is 18.7. The van der Waals surface area contributed by atoms with E-state index in [1.165, 1.54) is 17.4 Å². The molecule has 6 nitrogen and oxygen atoms in total. The Hall–Kier alpha value is -2.50. The van der Waals surface area contributed by atoms with Gasteiger partial charge in [-0.05, 0) is 44.5 Å². The van der Waals surface area contributed by atoms with Crippen LogP contribution in [0.3, 0.4) is 0 Å². The topological polar surface area (TPSA) is 57.2 Å². The summed E-state index contributed by atoms with van der Waals surface area (Å²) < 4.78 is 54.2. The third-order valence-corrected chi connectivity index (χ3v) is 6.70. The van der Waals surface area contributed by atoms with Crippen molar-refractivity contribution >= 4 is 39.8 Å². The molecule has 182 valence electrons. The van der Waals surface area contributed by atoms with Crippen LogP contribution in [0.25, 0.3) is 11.3 Å². The number of rotatable bonds is 6. The van der Waals surface area contributed by atoms with Gasteiger partial charge in [0.25, 0.3) is 0 Å². The van der Waals surface area contributed by atoms with Crippen LogP contribution in [0.15, 0.2) is 24.3 Å². The summed E-state index contributed by atoms with van der Waals surface area (Å²) >= 11 is 7.40. The molecule has 0 radical (unpaired) electrons. The molecule has 0 unspecified atom stereocenters. The summed E-state index contributed by atoms with van der Waals surface area (Å²) in [5.41, 5.74) is -0.665. The lowest BCUT2D eigenvalue weighted by molar-refractivity contribution is -0.137. The van der Waals surface area contributed by atoms with Crippen molar-refractivity contribution in [3.05, 3.63) is 45.7 Å². The van der Waals surface area contributed by atoms with E-state index in [0.717, 1.165) is 36.4 Å². The minimum Gasteiger partial charge on any atom is -0.347 e. The number of halogens is 5. The molecule has 1 N–H and O–H groups in total. The zero-order chi connectivity index (χ0) is 24.6. The van der Waals surface area contributed by atoms with Gasteiger partial charge in [0, 0.05) is 43.2 Å². The molecule has 0 spiro atoms. The Labute approximate surface area is 203 Å². The van der Waals surface area contributed by atoms with Crippen LogP contribution in [0.4, 0.5) is 34.5 Å². The van der Waals surface area contributed by atoms with Crippen LogP contribution >= 0.6 is 22.9 Å². The maximum atomic E-state index is 14.2. The fourth-order valence-electron chi connectivity index (χ4n) is 3.82. The molecule has 1 fully saturated rings. The number of hydrogen-bond donors (Lipinski definition) is 1. The summed E-state index contributed by atoms with van der Waals surface area (Å²) in [5.74, 6) is -0.191. The second-order valence-electron chi connectivity index (χ2n) is 8.37. The molecule has 12 heteroatoms. The van der Waals surface area contributed by atoms with Crippen molar-refractivity contribution in [2.24, 2.45) is 0 Å². The minimum absolute atomic E-state index is 0.0770. The average Bonchev–Trinajstić information content (AvgIpc) is 3.32. The van der Waals surface area contributed by atoms with Crippen molar-refractivity contribution in [1.82, 2.24) is 19.9 Å². The van der Waals surface area contributed by atoms with Crippen molar-refractivity contribution in [3.63, 3.8) is 0 Å². The van der Waals surface area contributed by atoms with Crippen molar-refractivity contribution < 1.29 is 17.6 Å². The van der Waals surface area contributed by atoms with Crippen LogP contribution in [0, 0.1) is 5.82 Å². The highest BCUT2D eigenvalue weighted by molar-refractivity contribution is 7.16. The van der Waals surface area contributed by atoms with Crippen LogP contribution in [0.5, 0.6) is 0 Å². The molecule has 1 aromatic carbocycles. The second kappa shape index (κ2) is 9.63. The number of hydrogen-bond acceptors (Lipinski definition) is 7. The molecule has 1 saturated heterocycles. The normalized spacial score (nSPS) is 16.8. The Kier molecular flexibility index (Phi) is 6.97. The van der Waals surface area contributed by atoms with Gasteiger partial charge >= 0.3 is 6.18 Å². The van der Waals surface area contributed by atoms with Crippen LogP contribution < -0.4 is 10.2 Å². The zero-order valence-corrected chi connectivity index (χ0v) is 20.3. The molecule has 1 aliphatic rings. The molecule has 1 aliphatic heterocycles. The van der Waals surface area contributed by atoms with Gasteiger partial charge in [0.05, 0.1) is 11.3 Å². The first-order chi connectivity index (χ1) is 16.0. The predicted molar refractivity (Wildman–Crippen MR) is 126 cm³/mol. The SMILES string of the molecule is C[C@@H]1CCCN1Cc1sc(Nc2cc(Cl)nc(N(C)C)n2)nc1-c1cc(F)cc(C(F)(F)F)c1. The van der Waals surface area contributed by atoms with Crippen molar-refractivity contribution in [3.8, 4) is 11.3 Å². The standard InChI is InChI=1S/C22H23ClF4N6S/c1-12-5-4-6-33(12)11-16-19(13-7-14(22(25,26)27)9-15(24)8-13)31-21(34-16)30-18-10-17(23)28-20(29-18)32(2)3/h7-10,12H,4-6,11H2,1-3H3,(H,28,29,30,31)/t12-/m1/s1. The molecule has 1 atom stereocenters. The van der Waals surface area contributed by atoms with Crippen molar-refractivity contribution in [2.75, 3.05) is 30.9 Å². The molecule has 2 aromatic heterocycles. The number of nitrogens with one attached hydrogen (secondary N) is 1. The Bertz CT molecular complexity index is 1180. The maximum Gasteiger partial charge on any atom is 0.416 e. The van der Waals surface area contributed by atoms with E-state index in [4.69, 9.17) is 11.6 Å². The van der Waals surface area contributed by atoms with Gasteiger partial charge in [-0.3, -0.25) is 4.90 Å². The minimum atomic E-state index is -4.67. The van der Waals surface area contributed by atoms with Gasteiger partial charge in [-0.15, -0.1) is 0 Å². The van der Waals surface area contributed by atoms with E-state index < -0.39 is 17.6 Å². The van der Waals surface area contributed by atoms with Gasteiger partial charge in [-0.2, -0.15) is 18.2 Å². The lowest BCUT2D eigenvalue weighted by atomic mass is 10.1. The number of thiazole rings is 1. The highest BCUT2D eigenvalue weighted by atomic mass is 35.5. The van der Waals surface area contributed by atoms with E-state index in [1.807, 2.05) is 0 Å². The highest BCUT2D eigenvalue weighted by Crippen LogP contribution is 2.38. The van der Waals surface area contributed by atoms with Crippen molar-refractivity contribution in [2.45, 2.75) is 38.5 Å². The van der Waals surface area contributed by atoms with Gasteiger partial charge in [0.1, 0.15) is 16.8 Å². The van der Waals surface area contributed by atoms with E-state index in [-0.39, 0.29) is 10.7 Å². The summed E-state index contributed by atoms with van der Waals surface area (Å²) in [6.45, 7) is 3.50. The smallest absolute Gasteiger partial charge is 0.347 e. The summed E-state index contributed by atoms with van der Waals surface area (Å²) in [6, 6.07) is 4.37. The average molecular weight is 515 g/mol. The first-order valence-corrected chi connectivity index (χ1v) is 11.8. The van der Waals surface area contributed by atoms with Gasteiger partial charge in [0.15, 0.2) is 5.13 Å². The second-order valence-corrected chi connectivity index (χ2v) is 9.85. The fourth-order valence-corrected chi connectivity index (χ4v) is 5.01. The number of anilines is 3. The number of likely N-dealkylation sites (tertiary alicyclic amines) is 1. The molecule has 3 heterocycles.